The number of rotatable bonds is 8. The quantitative estimate of drug-likeness (QED) is 0.122. The molecule has 8 nitrogen and oxygen atoms in total. The summed E-state index contributed by atoms with van der Waals surface area (Å²) in [5, 5.41) is 14.8. The number of carbonyl (C=O) groups excluding carboxylic acids is 1. The number of nitro groups is 1. The molecule has 0 unspecified atom stereocenters. The molecule has 190 valence electrons. The summed E-state index contributed by atoms with van der Waals surface area (Å²) >= 11 is 9.59. The third kappa shape index (κ3) is 6.62. The van der Waals surface area contributed by atoms with Gasteiger partial charge >= 0.3 is 0 Å². The van der Waals surface area contributed by atoms with E-state index in [1.54, 1.807) is 24.3 Å². The summed E-state index contributed by atoms with van der Waals surface area (Å²) in [4.78, 5) is 28.1. The molecule has 3 aromatic carbocycles. The number of amidine groups is 1. The zero-order valence-corrected chi connectivity index (χ0v) is 23.5. The van der Waals surface area contributed by atoms with Crippen molar-refractivity contribution in [1.29, 1.82) is 0 Å². The van der Waals surface area contributed by atoms with Crippen molar-refractivity contribution >= 4 is 74.5 Å². The van der Waals surface area contributed by atoms with Crippen LogP contribution in [0.5, 0.6) is 11.5 Å². The average Bonchev–Trinajstić information content (AvgIpc) is 3.20. The topological polar surface area (TPSA) is 103 Å². The van der Waals surface area contributed by atoms with Gasteiger partial charge in [0.15, 0.2) is 16.7 Å². The number of carbonyl (C=O) groups is 1. The first-order chi connectivity index (χ1) is 17.7. The molecule has 1 aliphatic rings. The van der Waals surface area contributed by atoms with Crippen molar-refractivity contribution in [1.82, 2.24) is 5.32 Å². The van der Waals surface area contributed by atoms with E-state index in [9.17, 15) is 14.9 Å². The number of nitro benzene ring substituents is 1. The second-order valence-electron chi connectivity index (χ2n) is 7.84. The molecule has 1 saturated heterocycles. The number of benzene rings is 3. The van der Waals surface area contributed by atoms with E-state index in [1.807, 2.05) is 38.1 Å². The maximum absolute atomic E-state index is 12.6. The lowest BCUT2D eigenvalue weighted by molar-refractivity contribution is -0.384. The molecule has 1 N–H and O–H groups in total. The van der Waals surface area contributed by atoms with Crippen LogP contribution in [0, 0.1) is 20.6 Å². The molecule has 37 heavy (non-hydrogen) atoms. The predicted octanol–water partition coefficient (Wildman–Crippen LogP) is 7.03. The highest BCUT2D eigenvalue weighted by atomic mass is 127. The Balaban J connectivity index is 1.55. The van der Waals surface area contributed by atoms with Crippen molar-refractivity contribution in [2.24, 2.45) is 4.99 Å². The Labute approximate surface area is 236 Å². The number of thioether (sulfide) groups is 1. The van der Waals surface area contributed by atoms with Gasteiger partial charge in [0.05, 0.1) is 25.7 Å². The first-order valence-corrected chi connectivity index (χ1v) is 13.4. The van der Waals surface area contributed by atoms with Crippen LogP contribution >= 0.6 is 46.0 Å². The fourth-order valence-corrected chi connectivity index (χ4v) is 5.19. The summed E-state index contributed by atoms with van der Waals surface area (Å²) in [6.45, 7) is 4.39. The fraction of sp³-hybridized carbons (Fsp3) is 0.154. The van der Waals surface area contributed by atoms with Crippen LogP contribution < -0.4 is 14.8 Å². The monoisotopic (exact) mass is 649 g/mol. The second kappa shape index (κ2) is 12.0. The summed E-state index contributed by atoms with van der Waals surface area (Å²) < 4.78 is 12.6. The zero-order chi connectivity index (χ0) is 26.5. The van der Waals surface area contributed by atoms with Crippen LogP contribution in [0.3, 0.4) is 0 Å². The normalized spacial score (nSPS) is 15.2. The largest absolute Gasteiger partial charge is 0.490 e. The number of halogens is 2. The molecule has 11 heteroatoms. The van der Waals surface area contributed by atoms with Gasteiger partial charge in [0.1, 0.15) is 6.61 Å². The lowest BCUT2D eigenvalue weighted by atomic mass is 10.1. The van der Waals surface area contributed by atoms with Crippen molar-refractivity contribution < 1.29 is 19.2 Å². The fourth-order valence-electron chi connectivity index (χ4n) is 3.40. The van der Waals surface area contributed by atoms with Crippen LogP contribution in [0.25, 0.3) is 6.08 Å². The standard InChI is InChI=1S/C26H21ClIN3O5S/c1-3-35-22-12-17(11-20(28)24(22)36-14-16-7-9-18(10-8-16)31(33)34)13-23-25(32)30-26(37-23)29-21-6-4-5-19(27)15(21)2/h4-13H,3,14H2,1-2H3,(H,29,30,32)/b23-13+. The first kappa shape index (κ1) is 27.0. The Bertz CT molecular complexity index is 1430. The van der Waals surface area contributed by atoms with Crippen molar-refractivity contribution in [2.75, 3.05) is 6.61 Å². The van der Waals surface area contributed by atoms with Gasteiger partial charge in [-0.05, 0) is 107 Å². The maximum atomic E-state index is 12.6. The Hall–Kier alpha value is -3.09. The van der Waals surface area contributed by atoms with Gasteiger partial charge in [0, 0.05) is 17.2 Å². The lowest BCUT2D eigenvalue weighted by Crippen LogP contribution is -2.19. The van der Waals surface area contributed by atoms with E-state index in [2.05, 4.69) is 32.9 Å². The molecule has 0 spiro atoms. The molecule has 0 radical (unpaired) electrons. The van der Waals surface area contributed by atoms with Crippen molar-refractivity contribution in [2.45, 2.75) is 20.5 Å². The van der Waals surface area contributed by atoms with Gasteiger partial charge < -0.3 is 14.8 Å². The molecule has 1 fully saturated rings. The van der Waals surface area contributed by atoms with Crippen molar-refractivity contribution in [3.05, 3.63) is 94.9 Å². The number of amides is 1. The molecule has 0 aliphatic carbocycles. The van der Waals surface area contributed by atoms with E-state index >= 15 is 0 Å². The number of aliphatic imine (C=N–C) groups is 1. The van der Waals surface area contributed by atoms with E-state index in [0.717, 1.165) is 20.3 Å². The van der Waals surface area contributed by atoms with Gasteiger partial charge in [0.25, 0.3) is 11.6 Å². The van der Waals surface area contributed by atoms with Crippen LogP contribution in [-0.4, -0.2) is 22.6 Å². The number of non-ortho nitro benzene ring substituents is 1. The van der Waals surface area contributed by atoms with Crippen LogP contribution in [-0.2, 0) is 11.4 Å². The Kier molecular flexibility index (Phi) is 8.72. The zero-order valence-electron chi connectivity index (χ0n) is 19.8. The summed E-state index contributed by atoms with van der Waals surface area (Å²) in [5.74, 6) is 0.857. The van der Waals surface area contributed by atoms with E-state index in [-0.39, 0.29) is 18.2 Å². The molecular formula is C26H21ClIN3O5S. The Morgan fingerprint density at radius 1 is 1.19 bits per heavy atom. The average molecular weight is 650 g/mol. The minimum atomic E-state index is -0.440. The SMILES string of the molecule is CCOc1cc(/C=C2/SC(=Nc3cccc(Cl)c3C)NC2=O)cc(I)c1OCc1ccc([N+](=O)[O-])cc1. The molecule has 0 atom stereocenters. The minimum Gasteiger partial charge on any atom is -0.490 e. The van der Waals surface area contributed by atoms with Gasteiger partial charge in [-0.25, -0.2) is 4.99 Å². The van der Waals surface area contributed by atoms with Crippen LogP contribution in [0.1, 0.15) is 23.6 Å². The van der Waals surface area contributed by atoms with Crippen molar-refractivity contribution in [3.63, 3.8) is 0 Å². The maximum Gasteiger partial charge on any atom is 0.269 e. The Morgan fingerprint density at radius 2 is 1.95 bits per heavy atom. The molecule has 1 amide bonds. The highest BCUT2D eigenvalue weighted by Gasteiger charge is 2.24. The number of nitrogens with one attached hydrogen (secondary N) is 1. The molecule has 3 aromatic rings. The number of hydrogen-bond acceptors (Lipinski definition) is 7. The van der Waals surface area contributed by atoms with E-state index in [4.69, 9.17) is 21.1 Å². The molecule has 1 aliphatic heterocycles. The molecule has 0 aromatic heterocycles. The molecule has 4 rings (SSSR count). The first-order valence-electron chi connectivity index (χ1n) is 11.1. The van der Waals surface area contributed by atoms with Crippen LogP contribution in [0.4, 0.5) is 11.4 Å². The number of hydrogen-bond donors (Lipinski definition) is 1. The highest BCUT2D eigenvalue weighted by Crippen LogP contribution is 2.37. The summed E-state index contributed by atoms with van der Waals surface area (Å²) in [6.07, 6.45) is 1.78. The van der Waals surface area contributed by atoms with Gasteiger partial charge in [-0.3, -0.25) is 14.9 Å². The predicted molar refractivity (Wildman–Crippen MR) is 155 cm³/mol. The van der Waals surface area contributed by atoms with E-state index in [1.165, 1.54) is 23.9 Å². The number of nitrogens with zero attached hydrogens (tertiary/aromatic N) is 2. The van der Waals surface area contributed by atoms with Crippen LogP contribution in [0.15, 0.2) is 64.5 Å². The summed E-state index contributed by atoms with van der Waals surface area (Å²) in [6, 6.07) is 15.4. The van der Waals surface area contributed by atoms with E-state index in [0.29, 0.717) is 38.9 Å². The smallest absolute Gasteiger partial charge is 0.269 e. The highest BCUT2D eigenvalue weighted by molar-refractivity contribution is 14.1. The molecular weight excluding hydrogens is 629 g/mol. The van der Waals surface area contributed by atoms with Gasteiger partial charge in [-0.1, -0.05) is 17.7 Å². The van der Waals surface area contributed by atoms with Gasteiger partial charge in [-0.2, -0.15) is 0 Å². The second-order valence-corrected chi connectivity index (χ2v) is 10.4. The van der Waals surface area contributed by atoms with Crippen molar-refractivity contribution in [3.8, 4) is 11.5 Å². The lowest BCUT2D eigenvalue weighted by Gasteiger charge is -2.15. The molecule has 0 bridgehead atoms. The number of ether oxygens (including phenoxy) is 2. The third-order valence-electron chi connectivity index (χ3n) is 5.27. The minimum absolute atomic E-state index is 0.0236. The van der Waals surface area contributed by atoms with Gasteiger partial charge in [-0.15, -0.1) is 0 Å². The Morgan fingerprint density at radius 3 is 2.65 bits per heavy atom. The molecule has 1 heterocycles. The summed E-state index contributed by atoms with van der Waals surface area (Å²) in [5.41, 5.74) is 3.11. The summed E-state index contributed by atoms with van der Waals surface area (Å²) in [7, 11) is 0. The van der Waals surface area contributed by atoms with E-state index < -0.39 is 4.92 Å². The van der Waals surface area contributed by atoms with Crippen LogP contribution in [0.2, 0.25) is 5.02 Å². The van der Waals surface area contributed by atoms with Gasteiger partial charge in [0.2, 0.25) is 0 Å². The molecule has 0 saturated carbocycles. The third-order valence-corrected chi connectivity index (χ3v) is 7.39.